The van der Waals surface area contributed by atoms with Gasteiger partial charge < -0.3 is 18.6 Å². The molecule has 0 fully saturated rings. The van der Waals surface area contributed by atoms with Gasteiger partial charge in [-0.1, -0.05) is 70.7 Å². The summed E-state index contributed by atoms with van der Waals surface area (Å²) in [6.45, 7) is 15.2. The molecule has 0 saturated carbocycles. The number of furan rings is 2. The third-order valence-electron chi connectivity index (χ3n) is 12.6. The molecule has 0 unspecified atom stereocenters. The molecule has 8 aromatic carbocycles. The van der Waals surface area contributed by atoms with Crippen LogP contribution in [0.1, 0.15) is 79.8 Å². The molecule has 0 atom stereocenters. The van der Waals surface area contributed by atoms with Gasteiger partial charge in [0, 0.05) is 55.7 Å². The van der Waals surface area contributed by atoms with E-state index in [1.807, 2.05) is 66.7 Å². The van der Waals surface area contributed by atoms with Crippen LogP contribution in [-0.2, 0) is 0 Å². The van der Waals surface area contributed by atoms with Gasteiger partial charge in [-0.3, -0.25) is 0 Å². The van der Waals surface area contributed by atoms with Crippen molar-refractivity contribution in [2.24, 2.45) is 0 Å². The maximum Gasteiger partial charge on any atom is 0.136 e. The highest BCUT2D eigenvalue weighted by atomic mass is 16.3. The number of hydrogen-bond donors (Lipinski definition) is 0. The third-order valence-corrected chi connectivity index (χ3v) is 12.6. The van der Waals surface area contributed by atoms with Crippen LogP contribution < -0.4 is 9.80 Å². The van der Waals surface area contributed by atoms with Crippen LogP contribution in [0.5, 0.6) is 0 Å². The van der Waals surface area contributed by atoms with Gasteiger partial charge in [-0.15, -0.1) is 0 Å². The first-order chi connectivity index (χ1) is 31.6. The maximum absolute atomic E-state index is 9.52. The molecule has 65 heavy (non-hydrogen) atoms. The van der Waals surface area contributed by atoms with Crippen LogP contribution in [-0.4, -0.2) is 0 Å². The van der Waals surface area contributed by atoms with Crippen molar-refractivity contribution in [2.75, 3.05) is 9.80 Å². The summed E-state index contributed by atoms with van der Waals surface area (Å²) in [7, 11) is 0. The summed E-state index contributed by atoms with van der Waals surface area (Å²) in [5, 5.41) is 25.2. The summed E-state index contributed by atoms with van der Waals surface area (Å²) < 4.78 is 13.3. The average molecular weight is 843 g/mol. The number of benzene rings is 8. The van der Waals surface area contributed by atoms with Crippen molar-refractivity contribution in [3.05, 3.63) is 197 Å². The van der Waals surface area contributed by atoms with Gasteiger partial charge in [0.1, 0.15) is 22.3 Å². The topological polar surface area (TPSA) is 80.3 Å². The van der Waals surface area contributed by atoms with E-state index in [2.05, 4.69) is 160 Å². The molecule has 6 nitrogen and oxygen atoms in total. The minimum Gasteiger partial charge on any atom is -0.456 e. The summed E-state index contributed by atoms with van der Waals surface area (Å²) in [6.07, 6.45) is 4.07. The number of nitrogens with zero attached hydrogens (tertiary/aromatic N) is 4. The van der Waals surface area contributed by atoms with Crippen LogP contribution in [0.25, 0.3) is 66.8 Å². The van der Waals surface area contributed by atoms with E-state index in [1.165, 1.54) is 11.1 Å². The summed E-state index contributed by atoms with van der Waals surface area (Å²) in [5.74, 6) is 0.839. The molecule has 0 aliphatic rings. The lowest BCUT2D eigenvalue weighted by molar-refractivity contribution is 0.663. The molecule has 0 radical (unpaired) electrons. The van der Waals surface area contributed by atoms with Crippen molar-refractivity contribution >= 4 is 95.2 Å². The number of hydrogen-bond acceptors (Lipinski definition) is 6. The monoisotopic (exact) mass is 842 g/mol. The Labute approximate surface area is 378 Å². The normalized spacial score (nSPS) is 11.9. The molecular formula is C59H46N4O2. The van der Waals surface area contributed by atoms with Gasteiger partial charge in [0.2, 0.25) is 0 Å². The second-order valence-corrected chi connectivity index (χ2v) is 17.3. The highest BCUT2D eigenvalue weighted by Gasteiger charge is 2.21. The maximum atomic E-state index is 9.52. The molecule has 0 spiro atoms. The lowest BCUT2D eigenvalue weighted by Gasteiger charge is -2.27. The fraction of sp³-hybridized carbons (Fsp3) is 0.119. The second-order valence-electron chi connectivity index (χ2n) is 17.3. The highest BCUT2D eigenvalue weighted by molar-refractivity contribution is 6.27. The van der Waals surface area contributed by atoms with Crippen molar-refractivity contribution in [3.63, 3.8) is 0 Å². The Kier molecular flexibility index (Phi) is 10.3. The molecule has 10 aromatic rings. The molecule has 0 aliphatic heterocycles. The number of anilines is 5. The van der Waals surface area contributed by atoms with E-state index >= 15 is 0 Å². The van der Waals surface area contributed by atoms with Crippen LogP contribution in [0, 0.1) is 22.7 Å². The molecule has 314 valence electrons. The number of fused-ring (bicyclic) bond motifs is 8. The van der Waals surface area contributed by atoms with Crippen LogP contribution in [0.2, 0.25) is 0 Å². The van der Waals surface area contributed by atoms with Crippen molar-refractivity contribution in [2.45, 2.75) is 46.5 Å². The largest absolute Gasteiger partial charge is 0.456 e. The van der Waals surface area contributed by atoms with Gasteiger partial charge in [-0.25, -0.2) is 0 Å². The van der Waals surface area contributed by atoms with E-state index in [0.717, 1.165) is 99.9 Å². The average Bonchev–Trinajstić information content (AvgIpc) is 3.88. The SMILES string of the molecule is C=Cc1cc2c(cc1/C=C(\C)N(c1ccc(C#N)cc1)c1ccc(C(C)C)cc1)oc1ccc3oc4cc5cc(N(c6ccc(C#N)cc6)c6ccc(C(C)C)cc6)ccc5cc4c3c12. The Balaban J connectivity index is 1.07. The number of rotatable bonds is 10. The van der Waals surface area contributed by atoms with Crippen molar-refractivity contribution < 1.29 is 8.83 Å². The second kappa shape index (κ2) is 16.4. The van der Waals surface area contributed by atoms with Gasteiger partial charge >= 0.3 is 0 Å². The van der Waals surface area contributed by atoms with E-state index < -0.39 is 0 Å². The molecule has 0 aliphatic carbocycles. The summed E-state index contributed by atoms with van der Waals surface area (Å²) >= 11 is 0. The van der Waals surface area contributed by atoms with Crippen LogP contribution >= 0.6 is 0 Å². The molecule has 0 amide bonds. The third kappa shape index (κ3) is 7.36. The summed E-state index contributed by atoms with van der Waals surface area (Å²) in [5.41, 5.74) is 14.8. The Morgan fingerprint density at radius 3 is 1.51 bits per heavy atom. The van der Waals surface area contributed by atoms with Gasteiger partial charge in [-0.05, 0) is 179 Å². The number of nitriles is 2. The molecule has 2 aromatic heterocycles. The van der Waals surface area contributed by atoms with Gasteiger partial charge in [0.05, 0.1) is 23.3 Å². The molecule has 6 heteroatoms. The lowest BCUT2D eigenvalue weighted by atomic mass is 9.99. The molecule has 10 rings (SSSR count). The summed E-state index contributed by atoms with van der Waals surface area (Å²) in [4.78, 5) is 4.44. The van der Waals surface area contributed by atoms with Crippen LogP contribution in [0.15, 0.2) is 173 Å². The van der Waals surface area contributed by atoms with Crippen LogP contribution in [0.3, 0.4) is 0 Å². The van der Waals surface area contributed by atoms with Crippen molar-refractivity contribution in [1.29, 1.82) is 10.5 Å². The van der Waals surface area contributed by atoms with Crippen molar-refractivity contribution in [3.8, 4) is 12.1 Å². The number of allylic oxidation sites excluding steroid dienone is 1. The lowest BCUT2D eigenvalue weighted by Crippen LogP contribution is -2.14. The Bertz CT molecular complexity index is 3580. The first kappa shape index (κ1) is 40.7. The predicted octanol–water partition coefficient (Wildman–Crippen LogP) is 16.9. The minimum atomic E-state index is 0.417. The highest BCUT2D eigenvalue weighted by Crippen LogP contribution is 2.44. The first-order valence-electron chi connectivity index (χ1n) is 22.0. The zero-order valence-electron chi connectivity index (χ0n) is 37.1. The Hall–Kier alpha value is -8.32. The fourth-order valence-electron chi connectivity index (χ4n) is 9.06. The zero-order chi connectivity index (χ0) is 44.9. The van der Waals surface area contributed by atoms with Crippen molar-refractivity contribution in [1.82, 2.24) is 0 Å². The van der Waals surface area contributed by atoms with Gasteiger partial charge in [0.25, 0.3) is 0 Å². The molecule has 0 N–H and O–H groups in total. The van der Waals surface area contributed by atoms with Gasteiger partial charge in [-0.2, -0.15) is 10.5 Å². The molecule has 0 saturated heterocycles. The van der Waals surface area contributed by atoms with E-state index in [1.54, 1.807) is 0 Å². The van der Waals surface area contributed by atoms with E-state index in [4.69, 9.17) is 8.83 Å². The first-order valence-corrected chi connectivity index (χ1v) is 22.0. The fourth-order valence-corrected chi connectivity index (χ4v) is 9.06. The van der Waals surface area contributed by atoms with E-state index in [9.17, 15) is 10.5 Å². The van der Waals surface area contributed by atoms with Gasteiger partial charge in [0.15, 0.2) is 0 Å². The smallest absolute Gasteiger partial charge is 0.136 e. The molecule has 2 heterocycles. The zero-order valence-corrected chi connectivity index (χ0v) is 37.1. The molecule has 0 bridgehead atoms. The van der Waals surface area contributed by atoms with E-state index in [-0.39, 0.29) is 0 Å². The predicted molar refractivity (Wildman–Crippen MR) is 270 cm³/mol. The van der Waals surface area contributed by atoms with E-state index in [0.29, 0.717) is 23.0 Å². The summed E-state index contributed by atoms with van der Waals surface area (Å²) in [6, 6.07) is 56.5. The quantitative estimate of drug-likeness (QED) is 0.136. The minimum absolute atomic E-state index is 0.417. The van der Waals surface area contributed by atoms with Crippen LogP contribution in [0.4, 0.5) is 28.4 Å². The Morgan fingerprint density at radius 1 is 0.508 bits per heavy atom. The Morgan fingerprint density at radius 2 is 0.985 bits per heavy atom. The standard InChI is InChI=1S/C59H46N4O2/c1-7-41-30-52-56(32-45(41)28-38(6)62(47-17-8-39(34-60)9-18-47)48-21-12-42(13-22-48)36(2)3)64-54-26-27-55-59(58(52)54)53-31-44-16-25-51(29-46(44)33-57(53)65-55)63(49-19-10-40(35-61)11-20-49)50-23-14-43(15-24-50)37(4)5/h7-33,36-37H,1H2,2-6H3/b38-28+. The molecular weight excluding hydrogens is 797 g/mol.